The van der Waals surface area contributed by atoms with Gasteiger partial charge < -0.3 is 10.1 Å². The van der Waals surface area contributed by atoms with Crippen LogP contribution >= 0.6 is 0 Å². The van der Waals surface area contributed by atoms with Gasteiger partial charge in [-0.2, -0.15) is 5.10 Å². The smallest absolute Gasteiger partial charge is 0.349 e. The van der Waals surface area contributed by atoms with E-state index in [0.717, 1.165) is 4.68 Å². The second-order valence-corrected chi connectivity index (χ2v) is 4.66. The summed E-state index contributed by atoms with van der Waals surface area (Å²) in [6.45, 7) is -0.154. The number of nitrogens with zero attached hydrogens (tertiary/aromatic N) is 3. The Labute approximate surface area is 125 Å². The summed E-state index contributed by atoms with van der Waals surface area (Å²) in [4.78, 5) is 24.1. The van der Waals surface area contributed by atoms with Crippen molar-refractivity contribution in [2.24, 2.45) is 0 Å². The fraction of sp³-hybridized carbons (Fsp3) is 0.133. The first-order chi connectivity index (χ1) is 10.7. The van der Waals surface area contributed by atoms with Gasteiger partial charge in [0.2, 0.25) is 5.91 Å². The SMILES string of the molecule is COc1ccc(NC(=O)Cn2ncc3cccn3c2=O)cc1. The standard InChI is InChI=1S/C15H14N4O3/c1-22-13-6-4-11(5-7-13)17-14(20)10-19-15(21)18-8-2-3-12(18)9-16-19/h2-9H,10H2,1H3,(H,17,20). The summed E-state index contributed by atoms with van der Waals surface area (Å²) in [7, 11) is 1.57. The zero-order valence-electron chi connectivity index (χ0n) is 11.9. The Kier molecular flexibility index (Phi) is 3.61. The van der Waals surface area contributed by atoms with Gasteiger partial charge in [-0.05, 0) is 36.4 Å². The van der Waals surface area contributed by atoms with Gasteiger partial charge in [0.25, 0.3) is 0 Å². The molecule has 112 valence electrons. The number of nitrogens with one attached hydrogen (secondary N) is 1. The Hall–Kier alpha value is -3.09. The molecule has 0 unspecified atom stereocenters. The van der Waals surface area contributed by atoms with Crippen molar-refractivity contribution in [1.29, 1.82) is 0 Å². The fourth-order valence-corrected chi connectivity index (χ4v) is 2.10. The van der Waals surface area contributed by atoms with Gasteiger partial charge >= 0.3 is 5.69 Å². The van der Waals surface area contributed by atoms with Crippen LogP contribution in [-0.4, -0.2) is 27.2 Å². The lowest BCUT2D eigenvalue weighted by Gasteiger charge is -2.07. The minimum atomic E-state index is -0.354. The number of benzene rings is 1. The van der Waals surface area contributed by atoms with Gasteiger partial charge in [0, 0.05) is 11.9 Å². The average molecular weight is 298 g/mol. The number of ether oxygens (including phenoxy) is 1. The Morgan fingerprint density at radius 1 is 1.27 bits per heavy atom. The van der Waals surface area contributed by atoms with Gasteiger partial charge in [-0.3, -0.25) is 9.20 Å². The lowest BCUT2D eigenvalue weighted by atomic mass is 10.3. The normalized spacial score (nSPS) is 10.6. The van der Waals surface area contributed by atoms with Gasteiger partial charge in [-0.25, -0.2) is 9.48 Å². The number of methoxy groups -OCH3 is 1. The quantitative estimate of drug-likeness (QED) is 0.783. The van der Waals surface area contributed by atoms with E-state index in [4.69, 9.17) is 4.74 Å². The van der Waals surface area contributed by atoms with Crippen LogP contribution in [0.4, 0.5) is 5.69 Å². The molecule has 0 radical (unpaired) electrons. The number of fused-ring (bicyclic) bond motifs is 1. The lowest BCUT2D eigenvalue weighted by molar-refractivity contribution is -0.117. The van der Waals surface area contributed by atoms with Crippen LogP contribution in [0.15, 0.2) is 53.6 Å². The van der Waals surface area contributed by atoms with Crippen molar-refractivity contribution in [2.75, 3.05) is 12.4 Å². The van der Waals surface area contributed by atoms with E-state index >= 15 is 0 Å². The second-order valence-electron chi connectivity index (χ2n) is 4.66. The molecule has 0 aliphatic rings. The lowest BCUT2D eigenvalue weighted by Crippen LogP contribution is -2.32. The molecule has 3 aromatic rings. The summed E-state index contributed by atoms with van der Waals surface area (Å²) in [5, 5.41) is 6.70. The Morgan fingerprint density at radius 3 is 2.77 bits per heavy atom. The van der Waals surface area contributed by atoms with Crippen molar-refractivity contribution >= 4 is 17.1 Å². The van der Waals surface area contributed by atoms with Crippen LogP contribution in [0.25, 0.3) is 5.52 Å². The monoisotopic (exact) mass is 298 g/mol. The van der Waals surface area contributed by atoms with Crippen molar-refractivity contribution in [3.8, 4) is 5.75 Å². The van der Waals surface area contributed by atoms with E-state index in [1.54, 1.807) is 55.9 Å². The largest absolute Gasteiger partial charge is 0.497 e. The molecule has 1 amide bonds. The minimum absolute atomic E-state index is 0.154. The molecule has 2 heterocycles. The number of amides is 1. The van der Waals surface area contributed by atoms with Crippen LogP contribution in [0.5, 0.6) is 5.75 Å². The van der Waals surface area contributed by atoms with E-state index in [1.807, 2.05) is 0 Å². The molecule has 7 heteroatoms. The van der Waals surface area contributed by atoms with Crippen LogP contribution in [0, 0.1) is 0 Å². The van der Waals surface area contributed by atoms with E-state index in [-0.39, 0.29) is 18.1 Å². The van der Waals surface area contributed by atoms with E-state index in [0.29, 0.717) is 17.0 Å². The van der Waals surface area contributed by atoms with E-state index < -0.39 is 0 Å². The summed E-state index contributed by atoms with van der Waals surface area (Å²) < 4.78 is 7.60. The number of rotatable bonds is 4. The summed E-state index contributed by atoms with van der Waals surface area (Å²) in [6.07, 6.45) is 3.18. The molecule has 0 saturated heterocycles. The third-order valence-corrected chi connectivity index (χ3v) is 3.20. The predicted octanol–water partition coefficient (Wildman–Crippen LogP) is 1.14. The summed E-state index contributed by atoms with van der Waals surface area (Å²) in [6, 6.07) is 10.5. The summed E-state index contributed by atoms with van der Waals surface area (Å²) in [5.74, 6) is 0.375. The molecule has 1 N–H and O–H groups in total. The molecule has 22 heavy (non-hydrogen) atoms. The van der Waals surface area contributed by atoms with Gasteiger partial charge in [0.1, 0.15) is 12.3 Å². The minimum Gasteiger partial charge on any atom is -0.497 e. The Morgan fingerprint density at radius 2 is 2.05 bits per heavy atom. The zero-order valence-corrected chi connectivity index (χ0v) is 11.9. The number of aromatic nitrogens is 3. The van der Waals surface area contributed by atoms with Crippen LogP contribution in [-0.2, 0) is 11.3 Å². The molecule has 7 nitrogen and oxygen atoms in total. The van der Waals surface area contributed by atoms with Crippen molar-refractivity contribution in [1.82, 2.24) is 14.2 Å². The van der Waals surface area contributed by atoms with Crippen LogP contribution in [0.3, 0.4) is 0 Å². The maximum absolute atomic E-state index is 12.1. The number of carbonyl (C=O) groups excluding carboxylic acids is 1. The summed E-state index contributed by atoms with van der Waals surface area (Å²) >= 11 is 0. The number of carbonyl (C=O) groups is 1. The summed E-state index contributed by atoms with van der Waals surface area (Å²) in [5.41, 5.74) is 0.963. The molecule has 0 atom stereocenters. The first-order valence-electron chi connectivity index (χ1n) is 6.64. The molecular weight excluding hydrogens is 284 g/mol. The van der Waals surface area contributed by atoms with Gasteiger partial charge in [-0.1, -0.05) is 0 Å². The molecule has 0 bridgehead atoms. The maximum Gasteiger partial charge on any atom is 0.349 e. The average Bonchev–Trinajstić information content (AvgIpc) is 3.00. The van der Waals surface area contributed by atoms with Gasteiger partial charge in [-0.15, -0.1) is 0 Å². The first kappa shape index (κ1) is 13.9. The van der Waals surface area contributed by atoms with Crippen molar-refractivity contribution in [3.05, 3.63) is 59.3 Å². The van der Waals surface area contributed by atoms with Gasteiger partial charge in [0.05, 0.1) is 18.8 Å². The number of hydrogen-bond acceptors (Lipinski definition) is 4. The highest BCUT2D eigenvalue weighted by Crippen LogP contribution is 2.14. The van der Waals surface area contributed by atoms with Crippen molar-refractivity contribution in [2.45, 2.75) is 6.54 Å². The molecule has 3 rings (SSSR count). The molecule has 2 aromatic heterocycles. The van der Waals surface area contributed by atoms with Gasteiger partial charge in [0.15, 0.2) is 0 Å². The predicted molar refractivity (Wildman–Crippen MR) is 81.1 cm³/mol. The first-order valence-corrected chi connectivity index (χ1v) is 6.64. The highest BCUT2D eigenvalue weighted by atomic mass is 16.5. The topological polar surface area (TPSA) is 77.6 Å². The Balaban J connectivity index is 1.74. The molecular formula is C15H14N4O3. The fourth-order valence-electron chi connectivity index (χ4n) is 2.10. The third-order valence-electron chi connectivity index (χ3n) is 3.20. The molecule has 0 saturated carbocycles. The van der Waals surface area contributed by atoms with E-state index in [2.05, 4.69) is 10.4 Å². The van der Waals surface area contributed by atoms with E-state index in [1.165, 1.54) is 4.40 Å². The van der Waals surface area contributed by atoms with Crippen molar-refractivity contribution < 1.29 is 9.53 Å². The van der Waals surface area contributed by atoms with Crippen LogP contribution < -0.4 is 15.7 Å². The molecule has 0 aliphatic carbocycles. The second kappa shape index (κ2) is 5.72. The highest BCUT2D eigenvalue weighted by Gasteiger charge is 2.08. The van der Waals surface area contributed by atoms with E-state index in [9.17, 15) is 9.59 Å². The zero-order chi connectivity index (χ0) is 15.5. The number of hydrogen-bond donors (Lipinski definition) is 1. The highest BCUT2D eigenvalue weighted by molar-refractivity contribution is 5.90. The Bertz CT molecular complexity index is 864. The third kappa shape index (κ3) is 2.69. The molecule has 0 spiro atoms. The molecule has 0 aliphatic heterocycles. The molecule has 0 fully saturated rings. The molecule has 1 aromatic carbocycles. The van der Waals surface area contributed by atoms with Crippen molar-refractivity contribution in [3.63, 3.8) is 0 Å². The number of anilines is 1. The maximum atomic E-state index is 12.1. The van der Waals surface area contributed by atoms with Crippen LogP contribution in [0.2, 0.25) is 0 Å². The van der Waals surface area contributed by atoms with Crippen LogP contribution in [0.1, 0.15) is 0 Å².